The van der Waals surface area contributed by atoms with Crippen molar-refractivity contribution in [1.29, 1.82) is 0 Å². The van der Waals surface area contributed by atoms with E-state index in [1.54, 1.807) is 0 Å². The fraction of sp³-hybridized carbons (Fsp3) is 0.643. The topological polar surface area (TPSA) is 28.2 Å². The third-order valence-corrected chi connectivity index (χ3v) is 4.41. The van der Waals surface area contributed by atoms with E-state index in [4.69, 9.17) is 0 Å². The predicted octanol–water partition coefficient (Wildman–Crippen LogP) is 3.43. The van der Waals surface area contributed by atoms with Crippen LogP contribution in [-0.4, -0.2) is 36.1 Å². The number of pyridine rings is 1. The first-order valence-corrected chi connectivity index (χ1v) is 7.68. The average molecular weight is 383 g/mol. The zero-order valence-electron chi connectivity index (χ0n) is 11.4. The standard InChI is InChI=1S/C14H20BrN3.2ClH/c15-12-3-4-13(17-10-12)14(9-11-1-2-11)18-7-5-16-6-8-18;;/h3-4,10-11,14,16H,1-2,5-9H2;2*1H/t14-;;/m1../s1. The Morgan fingerprint density at radius 2 is 1.95 bits per heavy atom. The maximum atomic E-state index is 4.63. The van der Waals surface area contributed by atoms with E-state index in [-0.39, 0.29) is 24.8 Å². The van der Waals surface area contributed by atoms with Crippen LogP contribution in [0.2, 0.25) is 0 Å². The summed E-state index contributed by atoms with van der Waals surface area (Å²) in [6.07, 6.45) is 6.05. The number of rotatable bonds is 4. The minimum Gasteiger partial charge on any atom is -0.314 e. The molecule has 3 nitrogen and oxygen atoms in total. The first-order chi connectivity index (χ1) is 8.83. The van der Waals surface area contributed by atoms with E-state index in [0.29, 0.717) is 6.04 Å². The normalized spacial score (nSPS) is 20.6. The smallest absolute Gasteiger partial charge is 0.0576 e. The Morgan fingerprint density at radius 3 is 2.50 bits per heavy atom. The Balaban J connectivity index is 0.000001000. The van der Waals surface area contributed by atoms with Crippen molar-refractivity contribution < 1.29 is 0 Å². The van der Waals surface area contributed by atoms with Crippen LogP contribution in [0, 0.1) is 5.92 Å². The van der Waals surface area contributed by atoms with Crippen LogP contribution in [0.4, 0.5) is 0 Å². The SMILES string of the molecule is Brc1ccc([C@@H](CC2CC2)N2CCNCC2)nc1.Cl.Cl. The van der Waals surface area contributed by atoms with E-state index >= 15 is 0 Å². The number of aromatic nitrogens is 1. The van der Waals surface area contributed by atoms with Crippen LogP contribution in [-0.2, 0) is 0 Å². The van der Waals surface area contributed by atoms with Gasteiger partial charge < -0.3 is 5.32 Å². The molecule has 0 spiro atoms. The highest BCUT2D eigenvalue weighted by molar-refractivity contribution is 9.10. The maximum absolute atomic E-state index is 4.63. The lowest BCUT2D eigenvalue weighted by Gasteiger charge is -2.34. The lowest BCUT2D eigenvalue weighted by molar-refractivity contribution is 0.157. The molecule has 2 aliphatic rings. The molecule has 0 amide bonds. The zero-order valence-corrected chi connectivity index (χ0v) is 14.6. The summed E-state index contributed by atoms with van der Waals surface area (Å²) in [5.41, 5.74) is 1.24. The van der Waals surface area contributed by atoms with Gasteiger partial charge in [0.2, 0.25) is 0 Å². The van der Waals surface area contributed by atoms with Gasteiger partial charge in [-0.05, 0) is 40.4 Å². The van der Waals surface area contributed by atoms with Crippen LogP contribution < -0.4 is 5.32 Å². The Hall–Kier alpha value is 0.130. The van der Waals surface area contributed by atoms with Crippen molar-refractivity contribution in [2.45, 2.75) is 25.3 Å². The molecular weight excluding hydrogens is 361 g/mol. The van der Waals surface area contributed by atoms with Crippen molar-refractivity contribution in [2.24, 2.45) is 5.92 Å². The van der Waals surface area contributed by atoms with Crippen LogP contribution >= 0.6 is 40.7 Å². The van der Waals surface area contributed by atoms with Gasteiger partial charge in [0, 0.05) is 36.8 Å². The van der Waals surface area contributed by atoms with Crippen LogP contribution in [0.5, 0.6) is 0 Å². The summed E-state index contributed by atoms with van der Waals surface area (Å²) in [4.78, 5) is 7.23. The van der Waals surface area contributed by atoms with E-state index in [0.717, 1.165) is 36.6 Å². The van der Waals surface area contributed by atoms with Crippen LogP contribution in [0.3, 0.4) is 0 Å². The van der Waals surface area contributed by atoms with Crippen molar-refractivity contribution in [3.05, 3.63) is 28.5 Å². The molecule has 0 unspecified atom stereocenters. The molecule has 3 rings (SSSR count). The second-order valence-corrected chi connectivity index (χ2v) is 6.30. The van der Waals surface area contributed by atoms with Crippen LogP contribution in [0.1, 0.15) is 31.0 Å². The summed E-state index contributed by atoms with van der Waals surface area (Å²) in [7, 11) is 0. The minimum absolute atomic E-state index is 0. The van der Waals surface area contributed by atoms with Gasteiger partial charge in [0.1, 0.15) is 0 Å². The summed E-state index contributed by atoms with van der Waals surface area (Å²) in [5, 5.41) is 3.43. The van der Waals surface area contributed by atoms with Crippen molar-refractivity contribution in [3.63, 3.8) is 0 Å². The third kappa shape index (κ3) is 4.85. The second kappa shape index (κ2) is 8.54. The summed E-state index contributed by atoms with van der Waals surface area (Å²) in [6.45, 7) is 4.51. The average Bonchev–Trinajstić information content (AvgIpc) is 3.22. The van der Waals surface area contributed by atoms with Gasteiger partial charge in [-0.1, -0.05) is 12.8 Å². The highest BCUT2D eigenvalue weighted by Gasteiger charge is 2.30. The van der Waals surface area contributed by atoms with Crippen LogP contribution in [0.25, 0.3) is 0 Å². The Labute approximate surface area is 141 Å². The highest BCUT2D eigenvalue weighted by atomic mass is 79.9. The highest BCUT2D eigenvalue weighted by Crippen LogP contribution is 2.39. The molecule has 0 aromatic carbocycles. The molecule has 6 heteroatoms. The Bertz CT molecular complexity index is 392. The molecular formula is C14H22BrCl2N3. The van der Waals surface area contributed by atoms with E-state index < -0.39 is 0 Å². The van der Waals surface area contributed by atoms with Gasteiger partial charge in [-0.2, -0.15) is 0 Å². The molecule has 2 fully saturated rings. The van der Waals surface area contributed by atoms with Gasteiger partial charge in [0.25, 0.3) is 0 Å². The van der Waals surface area contributed by atoms with Gasteiger partial charge in [-0.3, -0.25) is 9.88 Å². The molecule has 1 saturated carbocycles. The van der Waals surface area contributed by atoms with Gasteiger partial charge in [0.15, 0.2) is 0 Å². The molecule has 0 radical (unpaired) electrons. The molecule has 114 valence electrons. The minimum atomic E-state index is 0. The lowest BCUT2D eigenvalue weighted by Crippen LogP contribution is -2.45. The molecule has 1 aromatic rings. The molecule has 1 aliphatic heterocycles. The number of nitrogens with one attached hydrogen (secondary N) is 1. The maximum Gasteiger partial charge on any atom is 0.0576 e. The number of piperazine rings is 1. The fourth-order valence-electron chi connectivity index (χ4n) is 2.70. The quantitative estimate of drug-likeness (QED) is 0.864. The van der Waals surface area contributed by atoms with Crippen molar-refractivity contribution in [2.75, 3.05) is 26.2 Å². The third-order valence-electron chi connectivity index (χ3n) is 3.94. The second-order valence-electron chi connectivity index (χ2n) is 5.38. The van der Waals surface area contributed by atoms with Gasteiger partial charge >= 0.3 is 0 Å². The molecule has 1 atom stereocenters. The fourth-order valence-corrected chi connectivity index (χ4v) is 2.94. The van der Waals surface area contributed by atoms with E-state index in [2.05, 4.69) is 43.3 Å². The first-order valence-electron chi connectivity index (χ1n) is 6.89. The van der Waals surface area contributed by atoms with Gasteiger partial charge in [0.05, 0.1) is 11.7 Å². The lowest BCUT2D eigenvalue weighted by atomic mass is 10.0. The van der Waals surface area contributed by atoms with Gasteiger partial charge in [-0.25, -0.2) is 0 Å². The first kappa shape index (κ1) is 18.2. The van der Waals surface area contributed by atoms with Gasteiger partial charge in [-0.15, -0.1) is 24.8 Å². The van der Waals surface area contributed by atoms with E-state index in [1.807, 2.05) is 6.20 Å². The predicted molar refractivity (Wildman–Crippen MR) is 91.0 cm³/mol. The molecule has 1 aliphatic carbocycles. The number of halogens is 3. The zero-order chi connectivity index (χ0) is 12.4. The van der Waals surface area contributed by atoms with Crippen molar-refractivity contribution in [1.82, 2.24) is 15.2 Å². The monoisotopic (exact) mass is 381 g/mol. The molecule has 1 saturated heterocycles. The number of hydrogen-bond acceptors (Lipinski definition) is 3. The molecule has 20 heavy (non-hydrogen) atoms. The largest absolute Gasteiger partial charge is 0.314 e. The summed E-state index contributed by atoms with van der Waals surface area (Å²) >= 11 is 3.47. The summed E-state index contributed by atoms with van der Waals surface area (Å²) in [5.74, 6) is 0.940. The number of hydrogen-bond donors (Lipinski definition) is 1. The Kier molecular flexibility index (Phi) is 7.77. The van der Waals surface area contributed by atoms with Crippen molar-refractivity contribution in [3.8, 4) is 0 Å². The van der Waals surface area contributed by atoms with E-state index in [9.17, 15) is 0 Å². The molecule has 0 bridgehead atoms. The summed E-state index contributed by atoms with van der Waals surface area (Å²) in [6, 6.07) is 4.82. The van der Waals surface area contributed by atoms with Crippen LogP contribution in [0.15, 0.2) is 22.8 Å². The Morgan fingerprint density at radius 1 is 1.25 bits per heavy atom. The van der Waals surface area contributed by atoms with Crippen molar-refractivity contribution >= 4 is 40.7 Å². The number of nitrogens with zero attached hydrogens (tertiary/aromatic N) is 2. The summed E-state index contributed by atoms with van der Waals surface area (Å²) < 4.78 is 1.07. The molecule has 1 aromatic heterocycles. The molecule has 2 heterocycles. The molecule has 1 N–H and O–H groups in total. The van der Waals surface area contributed by atoms with E-state index in [1.165, 1.54) is 25.0 Å².